The van der Waals surface area contributed by atoms with Gasteiger partial charge in [-0.3, -0.25) is 9.59 Å². The molecule has 0 bridgehead atoms. The largest absolute Gasteiger partial charge is 0.439 e. The van der Waals surface area contributed by atoms with Gasteiger partial charge in [-0.1, -0.05) is 34.8 Å². The van der Waals surface area contributed by atoms with E-state index < -0.39 is 52.3 Å². The molecular weight excluding hydrogens is 378 g/mol. The van der Waals surface area contributed by atoms with Gasteiger partial charge in [-0.25, -0.2) is 19.4 Å². The van der Waals surface area contributed by atoms with Crippen molar-refractivity contribution in [1.82, 2.24) is 9.80 Å². The van der Waals surface area contributed by atoms with Crippen molar-refractivity contribution in [1.29, 1.82) is 0 Å². The number of alkyl halides is 3. The van der Waals surface area contributed by atoms with Crippen LogP contribution in [0.1, 0.15) is 13.8 Å². The van der Waals surface area contributed by atoms with E-state index in [2.05, 4.69) is 0 Å². The maximum Gasteiger partial charge on any atom is 0.419 e. The summed E-state index contributed by atoms with van der Waals surface area (Å²) in [6.45, 7) is 2.07. The van der Waals surface area contributed by atoms with Crippen LogP contribution < -0.4 is 0 Å². The van der Waals surface area contributed by atoms with Crippen LogP contribution in [0.2, 0.25) is 0 Å². The Morgan fingerprint density at radius 3 is 1.91 bits per heavy atom. The van der Waals surface area contributed by atoms with Crippen LogP contribution in [0.25, 0.3) is 0 Å². The van der Waals surface area contributed by atoms with Crippen LogP contribution in [0.4, 0.5) is 9.59 Å². The first kappa shape index (κ1) is 18.1. The van der Waals surface area contributed by atoms with Crippen molar-refractivity contribution in [2.24, 2.45) is 0 Å². The van der Waals surface area contributed by atoms with Crippen molar-refractivity contribution >= 4 is 58.8 Å². The Morgan fingerprint density at radius 2 is 1.52 bits per heavy atom. The van der Waals surface area contributed by atoms with Crippen LogP contribution in [0.15, 0.2) is 0 Å². The summed E-state index contributed by atoms with van der Waals surface area (Å²) >= 11 is 17.2. The number of aliphatic hydroxyl groups excluding tert-OH is 1. The Balaban J connectivity index is 2.43. The summed E-state index contributed by atoms with van der Waals surface area (Å²) in [5, 5.41) is 10.1. The zero-order chi connectivity index (χ0) is 17.7. The lowest BCUT2D eigenvalue weighted by Crippen LogP contribution is -2.55. The third kappa shape index (κ3) is 3.06. The van der Waals surface area contributed by atoms with Gasteiger partial charge in [-0.05, 0) is 0 Å². The molecule has 2 aliphatic rings. The zero-order valence-corrected chi connectivity index (χ0v) is 14.0. The first-order valence-corrected chi connectivity index (χ1v) is 7.35. The molecule has 0 aromatic rings. The van der Waals surface area contributed by atoms with Gasteiger partial charge >= 0.3 is 12.2 Å². The van der Waals surface area contributed by atoms with Crippen molar-refractivity contribution in [3.05, 3.63) is 0 Å². The number of carbonyl (C=O) groups excluding carboxylic acids is 4. The Morgan fingerprint density at radius 1 is 1.04 bits per heavy atom. The molecule has 12 heteroatoms. The van der Waals surface area contributed by atoms with Gasteiger partial charge in [-0.2, -0.15) is 0 Å². The highest BCUT2D eigenvalue weighted by Crippen LogP contribution is 2.42. The maximum atomic E-state index is 11.8. The van der Waals surface area contributed by atoms with E-state index >= 15 is 0 Å². The van der Waals surface area contributed by atoms with Crippen LogP contribution in [0.5, 0.6) is 0 Å². The number of carbonyl (C=O) groups is 4. The van der Waals surface area contributed by atoms with Crippen LogP contribution in [-0.2, 0) is 19.1 Å². The average Bonchev–Trinajstić information content (AvgIpc) is 2.85. The smallest absolute Gasteiger partial charge is 0.419 e. The Kier molecular flexibility index (Phi) is 4.69. The first-order valence-electron chi connectivity index (χ1n) is 6.22. The fraction of sp³-hybridized carbons (Fsp3) is 0.636. The standard InChI is InChI=1S/C11H11Cl3N2O7/c1-3(17)15-5(7(11(12,13)14)23-9(15)20)6-8(19)16(4(2)18)10(21)22-6/h5-8,19H,1-2H3/t5-,6-,7+,8-/m0/s1. The number of amides is 4. The van der Waals surface area contributed by atoms with Crippen LogP contribution in [0.3, 0.4) is 0 Å². The highest BCUT2D eigenvalue weighted by atomic mass is 35.6. The minimum absolute atomic E-state index is 0.418. The molecule has 0 spiro atoms. The molecule has 0 aromatic heterocycles. The topological polar surface area (TPSA) is 113 Å². The van der Waals surface area contributed by atoms with Crippen molar-refractivity contribution in [2.45, 2.75) is 42.1 Å². The monoisotopic (exact) mass is 388 g/mol. The van der Waals surface area contributed by atoms with E-state index in [1.165, 1.54) is 0 Å². The number of hydrogen-bond acceptors (Lipinski definition) is 7. The molecule has 1 N–H and O–H groups in total. The average molecular weight is 390 g/mol. The van der Waals surface area contributed by atoms with Gasteiger partial charge in [0.25, 0.3) is 0 Å². The van der Waals surface area contributed by atoms with Gasteiger partial charge in [0.15, 0.2) is 18.4 Å². The number of cyclic esters (lactones) is 2. The summed E-state index contributed by atoms with van der Waals surface area (Å²) < 4.78 is 7.60. The molecule has 2 heterocycles. The van der Waals surface area contributed by atoms with E-state index in [9.17, 15) is 24.3 Å². The fourth-order valence-electron chi connectivity index (χ4n) is 2.46. The lowest BCUT2D eigenvalue weighted by Gasteiger charge is -2.30. The number of hydrogen-bond donors (Lipinski definition) is 1. The van der Waals surface area contributed by atoms with Crippen LogP contribution in [-0.4, -0.2) is 67.2 Å². The third-order valence-corrected chi connectivity index (χ3v) is 4.01. The van der Waals surface area contributed by atoms with Gasteiger partial charge in [0.1, 0.15) is 6.04 Å². The molecule has 0 unspecified atom stereocenters. The minimum atomic E-state index is -2.17. The molecule has 128 valence electrons. The second-order valence-electron chi connectivity index (χ2n) is 4.88. The fourth-order valence-corrected chi connectivity index (χ4v) is 2.98. The summed E-state index contributed by atoms with van der Waals surface area (Å²) in [7, 11) is 0. The molecule has 4 amide bonds. The normalized spacial score (nSPS) is 31.2. The summed E-state index contributed by atoms with van der Waals surface area (Å²) in [6.07, 6.45) is -7.09. The maximum absolute atomic E-state index is 11.8. The summed E-state index contributed by atoms with van der Waals surface area (Å²) in [6, 6.07) is -1.42. The second kappa shape index (κ2) is 5.97. The number of imide groups is 2. The van der Waals surface area contributed by atoms with Crippen molar-refractivity contribution in [3.8, 4) is 0 Å². The van der Waals surface area contributed by atoms with Gasteiger partial charge in [-0.15, -0.1) is 0 Å². The molecule has 2 rings (SSSR count). The lowest BCUT2D eigenvalue weighted by atomic mass is 10.0. The summed E-state index contributed by atoms with van der Waals surface area (Å²) in [4.78, 5) is 47.6. The Labute approximate surface area is 144 Å². The van der Waals surface area contributed by atoms with Gasteiger partial charge < -0.3 is 14.6 Å². The molecule has 2 fully saturated rings. The van der Waals surface area contributed by atoms with E-state index in [1.807, 2.05) is 0 Å². The molecule has 23 heavy (non-hydrogen) atoms. The minimum Gasteiger partial charge on any atom is -0.439 e. The molecule has 4 atom stereocenters. The number of ether oxygens (including phenoxy) is 2. The number of rotatable bonds is 1. The van der Waals surface area contributed by atoms with E-state index in [4.69, 9.17) is 44.3 Å². The highest BCUT2D eigenvalue weighted by molar-refractivity contribution is 6.68. The predicted molar refractivity (Wildman–Crippen MR) is 75.7 cm³/mol. The van der Waals surface area contributed by atoms with E-state index in [-0.39, 0.29) is 0 Å². The van der Waals surface area contributed by atoms with Crippen molar-refractivity contribution in [3.63, 3.8) is 0 Å². The lowest BCUT2D eigenvalue weighted by molar-refractivity contribution is -0.134. The predicted octanol–water partition coefficient (Wildman–Crippen LogP) is 0.778. The molecular formula is C11H11Cl3N2O7. The van der Waals surface area contributed by atoms with Gasteiger partial charge in [0.2, 0.25) is 15.6 Å². The van der Waals surface area contributed by atoms with Gasteiger partial charge in [0, 0.05) is 13.8 Å². The van der Waals surface area contributed by atoms with Crippen molar-refractivity contribution < 1.29 is 33.8 Å². The van der Waals surface area contributed by atoms with E-state index in [0.717, 1.165) is 13.8 Å². The Bertz CT molecular complexity index is 578. The molecule has 9 nitrogen and oxygen atoms in total. The molecule has 2 aliphatic heterocycles. The molecule has 2 saturated heterocycles. The van der Waals surface area contributed by atoms with Crippen LogP contribution >= 0.6 is 34.8 Å². The quantitative estimate of drug-likeness (QED) is 0.659. The van der Waals surface area contributed by atoms with Gasteiger partial charge in [0.05, 0.1) is 0 Å². The van der Waals surface area contributed by atoms with Crippen LogP contribution in [0, 0.1) is 0 Å². The summed E-state index contributed by atoms with van der Waals surface area (Å²) in [5.74, 6) is -1.57. The third-order valence-electron chi connectivity index (χ3n) is 3.36. The second-order valence-corrected chi connectivity index (χ2v) is 7.25. The molecule has 0 radical (unpaired) electrons. The highest BCUT2D eigenvalue weighted by Gasteiger charge is 2.61. The van der Waals surface area contributed by atoms with E-state index in [0.29, 0.717) is 9.80 Å². The van der Waals surface area contributed by atoms with Crippen molar-refractivity contribution in [2.75, 3.05) is 0 Å². The number of nitrogens with zero attached hydrogens (tertiary/aromatic N) is 2. The number of aliphatic hydroxyl groups is 1. The van der Waals surface area contributed by atoms with E-state index in [1.54, 1.807) is 0 Å². The molecule has 0 aliphatic carbocycles. The summed E-state index contributed by atoms with van der Waals surface area (Å²) in [5.41, 5.74) is 0. The first-order chi connectivity index (χ1) is 10.5. The SMILES string of the molecule is CC(=O)N1C(=O)O[C@@H](C(Cl)(Cl)Cl)[C@@H]1[C@@H]1OC(=O)N(C(C)=O)[C@H]1O. The number of halogens is 3. The zero-order valence-electron chi connectivity index (χ0n) is 11.7. The molecule has 0 saturated carbocycles. The molecule has 0 aromatic carbocycles. The Hall–Kier alpha value is -1.29.